The lowest BCUT2D eigenvalue weighted by atomic mass is 9.82. The number of unbranched alkanes of at least 4 members (excludes halogenated alkanes) is 2. The second-order valence-corrected chi connectivity index (χ2v) is 5.86. The van der Waals surface area contributed by atoms with Crippen molar-refractivity contribution in [2.24, 2.45) is 0 Å². The first-order valence-electron chi connectivity index (χ1n) is 7.65. The molecule has 23 heavy (non-hydrogen) atoms. The molecule has 1 aliphatic carbocycles. The van der Waals surface area contributed by atoms with Gasteiger partial charge in [-0.3, -0.25) is 9.59 Å². The van der Waals surface area contributed by atoms with Gasteiger partial charge in [0.1, 0.15) is 0 Å². The van der Waals surface area contributed by atoms with Gasteiger partial charge >= 0.3 is 0 Å². The Balaban J connectivity index is 2.17. The molecule has 0 amide bonds. The topological polar surface area (TPSA) is 34.1 Å². The van der Waals surface area contributed by atoms with Crippen LogP contribution in [0.2, 0.25) is 5.02 Å². The molecule has 0 atom stereocenters. The fraction of sp³-hybridized carbons (Fsp3) is 0.200. The van der Waals surface area contributed by atoms with Gasteiger partial charge in [-0.05, 0) is 18.6 Å². The zero-order valence-corrected chi connectivity index (χ0v) is 13.5. The molecule has 0 bridgehead atoms. The molecule has 0 unspecified atom stereocenters. The molecular formula is C20H15ClO2. The number of rotatable bonds is 2. The van der Waals surface area contributed by atoms with Crippen LogP contribution in [0.4, 0.5) is 0 Å². The van der Waals surface area contributed by atoms with Crippen LogP contribution in [0.5, 0.6) is 0 Å². The predicted molar refractivity (Wildman–Crippen MR) is 91.2 cm³/mol. The van der Waals surface area contributed by atoms with Crippen molar-refractivity contribution in [2.45, 2.75) is 26.2 Å². The summed E-state index contributed by atoms with van der Waals surface area (Å²) in [5.41, 5.74) is 2.05. The average molecular weight is 323 g/mol. The van der Waals surface area contributed by atoms with Gasteiger partial charge in [0.05, 0.1) is 16.1 Å². The Labute approximate surface area is 140 Å². The maximum absolute atomic E-state index is 12.8. The molecule has 2 aromatic carbocycles. The monoisotopic (exact) mass is 322 g/mol. The van der Waals surface area contributed by atoms with Crippen LogP contribution in [0.1, 0.15) is 63.6 Å². The minimum Gasteiger partial charge on any atom is -0.289 e. The van der Waals surface area contributed by atoms with E-state index in [1.807, 2.05) is 0 Å². The van der Waals surface area contributed by atoms with E-state index in [0.717, 1.165) is 19.3 Å². The summed E-state index contributed by atoms with van der Waals surface area (Å²) in [5.74, 6) is 5.73. The van der Waals surface area contributed by atoms with E-state index in [-0.39, 0.29) is 11.6 Å². The van der Waals surface area contributed by atoms with E-state index in [4.69, 9.17) is 11.6 Å². The molecule has 0 fully saturated rings. The molecule has 0 spiro atoms. The summed E-state index contributed by atoms with van der Waals surface area (Å²) in [7, 11) is 0. The Morgan fingerprint density at radius 2 is 1.65 bits per heavy atom. The van der Waals surface area contributed by atoms with Gasteiger partial charge in [-0.15, -0.1) is 0 Å². The van der Waals surface area contributed by atoms with Crippen LogP contribution < -0.4 is 0 Å². The van der Waals surface area contributed by atoms with Gasteiger partial charge in [0.25, 0.3) is 0 Å². The maximum Gasteiger partial charge on any atom is 0.195 e. The Kier molecular flexibility index (Phi) is 4.32. The van der Waals surface area contributed by atoms with Crippen molar-refractivity contribution in [3.8, 4) is 11.8 Å². The van der Waals surface area contributed by atoms with E-state index in [0.29, 0.717) is 32.8 Å². The summed E-state index contributed by atoms with van der Waals surface area (Å²) in [6, 6.07) is 10.1. The first kappa shape index (κ1) is 15.5. The average Bonchev–Trinajstić information content (AvgIpc) is 2.57. The molecule has 2 aromatic rings. The van der Waals surface area contributed by atoms with E-state index < -0.39 is 0 Å². The van der Waals surface area contributed by atoms with Crippen molar-refractivity contribution in [1.29, 1.82) is 0 Å². The van der Waals surface area contributed by atoms with Crippen molar-refractivity contribution in [3.05, 3.63) is 69.2 Å². The quantitative estimate of drug-likeness (QED) is 0.508. The number of hydrogen-bond acceptors (Lipinski definition) is 2. The second kappa shape index (κ2) is 6.40. The van der Waals surface area contributed by atoms with E-state index >= 15 is 0 Å². The van der Waals surface area contributed by atoms with Crippen LogP contribution >= 0.6 is 11.6 Å². The molecular weight excluding hydrogens is 308 g/mol. The molecule has 0 aromatic heterocycles. The molecule has 3 rings (SSSR count). The molecule has 0 N–H and O–H groups in total. The van der Waals surface area contributed by atoms with Crippen LogP contribution in [-0.2, 0) is 0 Å². The number of hydrogen-bond donors (Lipinski definition) is 0. The molecule has 114 valence electrons. The SMILES string of the molecule is CCCCC#Cc1c(Cl)ccc2c1C(=O)c1ccccc1C2=O. The highest BCUT2D eigenvalue weighted by atomic mass is 35.5. The minimum absolute atomic E-state index is 0.150. The summed E-state index contributed by atoms with van der Waals surface area (Å²) in [6.45, 7) is 2.10. The molecule has 2 nitrogen and oxygen atoms in total. The van der Waals surface area contributed by atoms with E-state index in [9.17, 15) is 9.59 Å². The standard InChI is InChI=1S/C20H15ClO2/c1-2-3-4-5-10-15-17(21)12-11-16-18(15)20(23)14-9-7-6-8-13(14)19(16)22/h6-9,11-12H,2-4H2,1H3. The lowest BCUT2D eigenvalue weighted by Crippen LogP contribution is -2.22. The zero-order chi connectivity index (χ0) is 16.4. The number of fused-ring (bicyclic) bond motifs is 2. The van der Waals surface area contributed by atoms with Crippen LogP contribution in [0, 0.1) is 11.8 Å². The number of benzene rings is 2. The Hall–Kier alpha value is -2.37. The summed E-state index contributed by atoms with van der Waals surface area (Å²) in [6.07, 6.45) is 2.80. The highest BCUT2D eigenvalue weighted by Gasteiger charge is 2.31. The highest BCUT2D eigenvalue weighted by Crippen LogP contribution is 2.32. The van der Waals surface area contributed by atoms with Gasteiger partial charge in [0, 0.05) is 23.1 Å². The predicted octanol–water partition coefficient (Wildman–Crippen LogP) is 4.66. The van der Waals surface area contributed by atoms with Gasteiger partial charge in [-0.1, -0.05) is 61.1 Å². The van der Waals surface area contributed by atoms with Gasteiger partial charge < -0.3 is 0 Å². The lowest BCUT2D eigenvalue weighted by molar-refractivity contribution is 0.0979. The molecule has 0 heterocycles. The lowest BCUT2D eigenvalue weighted by Gasteiger charge is -2.19. The summed E-state index contributed by atoms with van der Waals surface area (Å²) in [4.78, 5) is 25.5. The van der Waals surface area contributed by atoms with Gasteiger partial charge in [-0.25, -0.2) is 0 Å². The molecule has 3 heteroatoms. The summed E-state index contributed by atoms with van der Waals surface area (Å²) < 4.78 is 0. The molecule has 1 aliphatic rings. The molecule has 0 aliphatic heterocycles. The Morgan fingerprint density at radius 1 is 0.957 bits per heavy atom. The first-order valence-corrected chi connectivity index (χ1v) is 8.02. The molecule has 0 saturated carbocycles. The van der Waals surface area contributed by atoms with E-state index in [1.165, 1.54) is 0 Å². The molecule has 0 radical (unpaired) electrons. The fourth-order valence-electron chi connectivity index (χ4n) is 2.70. The maximum atomic E-state index is 12.8. The zero-order valence-electron chi connectivity index (χ0n) is 12.8. The van der Waals surface area contributed by atoms with Crippen molar-refractivity contribution in [1.82, 2.24) is 0 Å². The van der Waals surface area contributed by atoms with Gasteiger partial charge in [0.15, 0.2) is 11.6 Å². The smallest absolute Gasteiger partial charge is 0.195 e. The van der Waals surface area contributed by atoms with Gasteiger partial charge in [-0.2, -0.15) is 0 Å². The molecule has 0 saturated heterocycles. The van der Waals surface area contributed by atoms with E-state index in [1.54, 1.807) is 36.4 Å². The summed E-state index contributed by atoms with van der Waals surface area (Å²) in [5, 5.41) is 0.410. The largest absolute Gasteiger partial charge is 0.289 e. The minimum atomic E-state index is -0.183. The Morgan fingerprint density at radius 3 is 2.35 bits per heavy atom. The number of carbonyl (C=O) groups is 2. The summed E-state index contributed by atoms with van der Waals surface area (Å²) >= 11 is 6.25. The normalized spacial score (nSPS) is 12.3. The Bertz CT molecular complexity index is 869. The van der Waals surface area contributed by atoms with Crippen LogP contribution in [-0.4, -0.2) is 11.6 Å². The van der Waals surface area contributed by atoms with Crippen LogP contribution in [0.3, 0.4) is 0 Å². The second-order valence-electron chi connectivity index (χ2n) is 5.45. The third-order valence-electron chi connectivity index (χ3n) is 3.91. The number of halogens is 1. The highest BCUT2D eigenvalue weighted by molar-refractivity contribution is 6.35. The third kappa shape index (κ3) is 2.69. The van der Waals surface area contributed by atoms with Crippen molar-refractivity contribution in [2.75, 3.05) is 0 Å². The van der Waals surface area contributed by atoms with E-state index in [2.05, 4.69) is 18.8 Å². The number of carbonyl (C=O) groups excluding carboxylic acids is 2. The van der Waals surface area contributed by atoms with Crippen molar-refractivity contribution >= 4 is 23.2 Å². The van der Waals surface area contributed by atoms with Crippen LogP contribution in [0.15, 0.2) is 36.4 Å². The van der Waals surface area contributed by atoms with Crippen LogP contribution in [0.25, 0.3) is 0 Å². The third-order valence-corrected chi connectivity index (χ3v) is 4.23. The van der Waals surface area contributed by atoms with Gasteiger partial charge in [0.2, 0.25) is 0 Å². The fourth-order valence-corrected chi connectivity index (χ4v) is 2.90. The van der Waals surface area contributed by atoms with Crippen molar-refractivity contribution in [3.63, 3.8) is 0 Å². The number of ketones is 2. The van der Waals surface area contributed by atoms with Crippen molar-refractivity contribution < 1.29 is 9.59 Å². The first-order chi connectivity index (χ1) is 11.1.